The molecule has 1 rings (SSSR count). The minimum atomic E-state index is -0.704. The Hall–Kier alpha value is -1.35. The highest BCUT2D eigenvalue weighted by atomic mass is 16.4. The van der Waals surface area contributed by atoms with Crippen molar-refractivity contribution in [3.63, 3.8) is 0 Å². The van der Waals surface area contributed by atoms with E-state index in [-0.39, 0.29) is 0 Å². The fourth-order valence-corrected chi connectivity index (χ4v) is 2.35. The van der Waals surface area contributed by atoms with Crippen LogP contribution in [0.2, 0.25) is 0 Å². The predicted octanol–water partition coefficient (Wildman–Crippen LogP) is 3.01. The summed E-state index contributed by atoms with van der Waals surface area (Å²) < 4.78 is 0. The third-order valence-corrected chi connectivity index (χ3v) is 3.23. The lowest BCUT2D eigenvalue weighted by Crippen LogP contribution is -2.39. The Morgan fingerprint density at radius 2 is 1.94 bits per heavy atom. The molecule has 0 radical (unpaired) electrons. The van der Waals surface area contributed by atoms with Crippen LogP contribution in [0.15, 0.2) is 30.3 Å². The number of aliphatic carboxylic acids is 1. The van der Waals surface area contributed by atoms with Crippen LogP contribution in [0.25, 0.3) is 0 Å². The zero-order valence-corrected chi connectivity index (χ0v) is 11.5. The molecule has 0 saturated heterocycles. The quantitative estimate of drug-likeness (QED) is 0.807. The average molecular weight is 249 g/mol. The van der Waals surface area contributed by atoms with Gasteiger partial charge in [0, 0.05) is 13.1 Å². The molecule has 3 nitrogen and oxygen atoms in total. The number of carboxylic acid groups (broad SMARTS) is 1. The van der Waals surface area contributed by atoms with E-state index in [1.807, 2.05) is 39.1 Å². The van der Waals surface area contributed by atoms with Crippen molar-refractivity contribution in [3.05, 3.63) is 35.9 Å². The van der Waals surface area contributed by atoms with Gasteiger partial charge in [0.2, 0.25) is 0 Å². The standard InChI is InChI=1S/C15H23NO2/c1-4-10-15(2,14(17)18)12-16(3)11-13-8-6-5-7-9-13/h5-9H,4,10-12H2,1-3H3,(H,17,18). The van der Waals surface area contributed by atoms with E-state index in [1.54, 1.807) is 0 Å². The minimum Gasteiger partial charge on any atom is -0.481 e. The van der Waals surface area contributed by atoms with Gasteiger partial charge in [-0.05, 0) is 26.0 Å². The summed E-state index contributed by atoms with van der Waals surface area (Å²) in [6.45, 7) is 5.22. The second kappa shape index (κ2) is 6.55. The minimum absolute atomic E-state index is 0.574. The van der Waals surface area contributed by atoms with Gasteiger partial charge in [-0.1, -0.05) is 43.7 Å². The summed E-state index contributed by atoms with van der Waals surface area (Å²) in [5, 5.41) is 9.35. The molecular weight excluding hydrogens is 226 g/mol. The molecule has 1 aromatic rings. The van der Waals surface area contributed by atoms with E-state index in [4.69, 9.17) is 0 Å². The highest BCUT2D eigenvalue weighted by Crippen LogP contribution is 2.25. The molecule has 1 atom stereocenters. The molecule has 0 spiro atoms. The molecule has 3 heteroatoms. The van der Waals surface area contributed by atoms with Crippen molar-refractivity contribution in [1.29, 1.82) is 0 Å². The summed E-state index contributed by atoms with van der Waals surface area (Å²) in [5.74, 6) is -0.704. The highest BCUT2D eigenvalue weighted by molar-refractivity contribution is 5.74. The second-order valence-corrected chi connectivity index (χ2v) is 5.27. The summed E-state index contributed by atoms with van der Waals surface area (Å²) in [7, 11) is 1.98. The number of rotatable bonds is 7. The van der Waals surface area contributed by atoms with Gasteiger partial charge in [0.25, 0.3) is 0 Å². The molecule has 100 valence electrons. The number of hydrogen-bond acceptors (Lipinski definition) is 2. The Morgan fingerprint density at radius 1 is 1.33 bits per heavy atom. The molecule has 0 aliphatic rings. The first-order chi connectivity index (χ1) is 8.48. The molecule has 0 fully saturated rings. The molecule has 1 aromatic carbocycles. The number of carbonyl (C=O) groups is 1. The lowest BCUT2D eigenvalue weighted by Gasteiger charge is -2.29. The van der Waals surface area contributed by atoms with Gasteiger partial charge in [-0.3, -0.25) is 4.79 Å². The summed E-state index contributed by atoms with van der Waals surface area (Å²) in [4.78, 5) is 13.5. The van der Waals surface area contributed by atoms with Crippen LogP contribution in [-0.2, 0) is 11.3 Å². The fourth-order valence-electron chi connectivity index (χ4n) is 2.35. The van der Waals surface area contributed by atoms with E-state index in [0.29, 0.717) is 13.0 Å². The molecule has 18 heavy (non-hydrogen) atoms. The van der Waals surface area contributed by atoms with E-state index in [1.165, 1.54) is 5.56 Å². The Balaban J connectivity index is 2.62. The van der Waals surface area contributed by atoms with Crippen LogP contribution in [0.4, 0.5) is 0 Å². The third-order valence-electron chi connectivity index (χ3n) is 3.23. The topological polar surface area (TPSA) is 40.5 Å². The van der Waals surface area contributed by atoms with Gasteiger partial charge in [-0.25, -0.2) is 0 Å². The molecule has 0 bridgehead atoms. The molecule has 0 aliphatic heterocycles. The Labute approximate surface area is 109 Å². The summed E-state index contributed by atoms with van der Waals surface area (Å²) in [6, 6.07) is 10.1. The van der Waals surface area contributed by atoms with Crippen molar-refractivity contribution in [1.82, 2.24) is 4.90 Å². The van der Waals surface area contributed by atoms with Crippen molar-refractivity contribution in [2.75, 3.05) is 13.6 Å². The normalized spacial score (nSPS) is 14.4. The van der Waals surface area contributed by atoms with Crippen LogP contribution in [0, 0.1) is 5.41 Å². The zero-order chi connectivity index (χ0) is 13.6. The smallest absolute Gasteiger partial charge is 0.310 e. The third kappa shape index (κ3) is 4.15. The van der Waals surface area contributed by atoms with E-state index in [2.05, 4.69) is 17.0 Å². The van der Waals surface area contributed by atoms with Crippen LogP contribution in [-0.4, -0.2) is 29.6 Å². The lowest BCUT2D eigenvalue weighted by atomic mass is 9.85. The summed E-state index contributed by atoms with van der Waals surface area (Å²) >= 11 is 0. The van der Waals surface area contributed by atoms with Gasteiger partial charge in [-0.15, -0.1) is 0 Å². The van der Waals surface area contributed by atoms with Crippen LogP contribution in [0.3, 0.4) is 0 Å². The Morgan fingerprint density at radius 3 is 2.44 bits per heavy atom. The monoisotopic (exact) mass is 249 g/mol. The number of benzene rings is 1. The number of hydrogen-bond donors (Lipinski definition) is 1. The van der Waals surface area contributed by atoms with Crippen molar-refractivity contribution < 1.29 is 9.90 Å². The lowest BCUT2D eigenvalue weighted by molar-refractivity contribution is -0.149. The van der Waals surface area contributed by atoms with Gasteiger partial charge in [0.15, 0.2) is 0 Å². The zero-order valence-electron chi connectivity index (χ0n) is 11.5. The molecule has 0 heterocycles. The van der Waals surface area contributed by atoms with Crippen LogP contribution >= 0.6 is 0 Å². The molecule has 0 saturated carbocycles. The molecule has 0 aliphatic carbocycles. The first-order valence-electron chi connectivity index (χ1n) is 6.44. The van der Waals surface area contributed by atoms with E-state index >= 15 is 0 Å². The van der Waals surface area contributed by atoms with Gasteiger partial charge in [0.1, 0.15) is 0 Å². The molecule has 0 amide bonds. The van der Waals surface area contributed by atoms with Gasteiger partial charge in [-0.2, -0.15) is 0 Å². The Kier molecular flexibility index (Phi) is 5.35. The molecule has 0 aromatic heterocycles. The maximum atomic E-state index is 11.4. The van der Waals surface area contributed by atoms with Crippen molar-refractivity contribution in [3.8, 4) is 0 Å². The molecular formula is C15H23NO2. The van der Waals surface area contributed by atoms with Crippen LogP contribution < -0.4 is 0 Å². The molecule has 1 unspecified atom stereocenters. The van der Waals surface area contributed by atoms with Gasteiger partial charge < -0.3 is 10.0 Å². The van der Waals surface area contributed by atoms with Gasteiger partial charge in [0.05, 0.1) is 5.41 Å². The number of nitrogens with zero attached hydrogens (tertiary/aromatic N) is 1. The van der Waals surface area contributed by atoms with E-state index in [0.717, 1.165) is 13.0 Å². The Bertz CT molecular complexity index is 377. The summed E-state index contributed by atoms with van der Waals surface area (Å²) in [6.07, 6.45) is 1.60. The largest absolute Gasteiger partial charge is 0.481 e. The molecule has 1 N–H and O–H groups in total. The summed E-state index contributed by atoms with van der Waals surface area (Å²) in [5.41, 5.74) is 0.558. The van der Waals surface area contributed by atoms with E-state index in [9.17, 15) is 9.90 Å². The number of carboxylic acids is 1. The first-order valence-corrected chi connectivity index (χ1v) is 6.44. The fraction of sp³-hybridized carbons (Fsp3) is 0.533. The van der Waals surface area contributed by atoms with Crippen molar-refractivity contribution in [2.24, 2.45) is 5.41 Å². The van der Waals surface area contributed by atoms with Crippen molar-refractivity contribution in [2.45, 2.75) is 33.2 Å². The van der Waals surface area contributed by atoms with Crippen LogP contribution in [0.1, 0.15) is 32.3 Å². The highest BCUT2D eigenvalue weighted by Gasteiger charge is 2.33. The average Bonchev–Trinajstić information content (AvgIpc) is 2.30. The van der Waals surface area contributed by atoms with E-state index < -0.39 is 11.4 Å². The van der Waals surface area contributed by atoms with Crippen molar-refractivity contribution >= 4 is 5.97 Å². The predicted molar refractivity (Wildman–Crippen MR) is 73.4 cm³/mol. The maximum Gasteiger partial charge on any atom is 0.310 e. The van der Waals surface area contributed by atoms with Gasteiger partial charge >= 0.3 is 5.97 Å². The maximum absolute atomic E-state index is 11.4. The SMILES string of the molecule is CCCC(C)(CN(C)Cc1ccccc1)C(=O)O. The first kappa shape index (κ1) is 14.7. The second-order valence-electron chi connectivity index (χ2n) is 5.27. The van der Waals surface area contributed by atoms with Crippen LogP contribution in [0.5, 0.6) is 0 Å².